The zero-order valence-corrected chi connectivity index (χ0v) is 18.6. The maximum Gasteiger partial charge on any atom is 0.199 e. The lowest BCUT2D eigenvalue weighted by Gasteiger charge is -2.36. The molecule has 8 heteroatoms. The molecule has 0 amide bonds. The summed E-state index contributed by atoms with van der Waals surface area (Å²) in [4.78, 5) is 4.40. The van der Waals surface area contributed by atoms with Gasteiger partial charge in [0, 0.05) is 32.1 Å². The van der Waals surface area contributed by atoms with E-state index in [0.29, 0.717) is 18.3 Å². The fraction of sp³-hybridized carbons (Fsp3) is 0.375. The molecule has 1 aromatic heterocycles. The summed E-state index contributed by atoms with van der Waals surface area (Å²) in [6.07, 6.45) is 2.35. The van der Waals surface area contributed by atoms with Gasteiger partial charge in [-0.25, -0.2) is 9.07 Å². The summed E-state index contributed by atoms with van der Waals surface area (Å²) in [6, 6.07) is 17.2. The fourth-order valence-corrected chi connectivity index (χ4v) is 4.57. The Hall–Kier alpha value is -3.02. The van der Waals surface area contributed by atoms with E-state index in [1.165, 1.54) is 24.5 Å². The summed E-state index contributed by atoms with van der Waals surface area (Å²) in [5.74, 6) is 1.14. The average molecular weight is 449 g/mol. The van der Waals surface area contributed by atoms with Gasteiger partial charge in [-0.15, -0.1) is 0 Å². The van der Waals surface area contributed by atoms with Crippen LogP contribution in [0.25, 0.3) is 0 Å². The highest BCUT2D eigenvalue weighted by atomic mass is 32.1. The molecule has 3 aromatic rings. The highest BCUT2D eigenvalue weighted by Crippen LogP contribution is 2.39. The monoisotopic (exact) mass is 448 g/mol. The van der Waals surface area contributed by atoms with Gasteiger partial charge in [0.25, 0.3) is 0 Å². The summed E-state index contributed by atoms with van der Waals surface area (Å²) >= 11 is 5.82. The molecule has 5 rings (SSSR count). The first-order valence-corrected chi connectivity index (χ1v) is 11.4. The van der Waals surface area contributed by atoms with Crippen molar-refractivity contribution in [3.8, 4) is 6.07 Å². The Kier molecular flexibility index (Phi) is 5.77. The standard InChI is InChI=1S/C24H25FN6S/c25-21-7-4-8-22(20(21)15-26)29-13-11-28(12-14-29)17-31-24(32)30(23(27-31)19-9-10-19)16-18-5-2-1-3-6-18/h1-8,19H,9-14,16-17H2. The number of halogens is 1. The molecule has 0 unspecified atom stereocenters. The number of hydrogen-bond donors (Lipinski definition) is 0. The second kappa shape index (κ2) is 8.85. The van der Waals surface area contributed by atoms with E-state index in [-0.39, 0.29) is 5.56 Å². The first kappa shape index (κ1) is 20.9. The second-order valence-electron chi connectivity index (χ2n) is 8.48. The summed E-state index contributed by atoms with van der Waals surface area (Å²) in [5.41, 5.74) is 2.02. The van der Waals surface area contributed by atoms with Crippen molar-refractivity contribution in [2.75, 3.05) is 31.1 Å². The van der Waals surface area contributed by atoms with E-state index < -0.39 is 5.82 Å². The van der Waals surface area contributed by atoms with Gasteiger partial charge in [-0.2, -0.15) is 10.4 Å². The van der Waals surface area contributed by atoms with Crippen molar-refractivity contribution in [1.29, 1.82) is 5.26 Å². The van der Waals surface area contributed by atoms with Gasteiger partial charge in [0.15, 0.2) is 4.77 Å². The van der Waals surface area contributed by atoms with E-state index in [1.807, 2.05) is 22.9 Å². The molecule has 1 aliphatic heterocycles. The Morgan fingerprint density at radius 2 is 1.78 bits per heavy atom. The van der Waals surface area contributed by atoms with Crippen molar-refractivity contribution in [3.63, 3.8) is 0 Å². The molecule has 2 fully saturated rings. The first-order valence-electron chi connectivity index (χ1n) is 11.0. The highest BCUT2D eigenvalue weighted by Gasteiger charge is 2.30. The van der Waals surface area contributed by atoms with Gasteiger partial charge in [0.05, 0.1) is 18.9 Å². The summed E-state index contributed by atoms with van der Waals surface area (Å²) in [6.45, 7) is 4.44. The van der Waals surface area contributed by atoms with Crippen LogP contribution >= 0.6 is 12.2 Å². The minimum Gasteiger partial charge on any atom is -0.368 e. The third-order valence-electron chi connectivity index (χ3n) is 6.23. The predicted octanol–water partition coefficient (Wildman–Crippen LogP) is 4.13. The largest absolute Gasteiger partial charge is 0.368 e. The van der Waals surface area contributed by atoms with E-state index >= 15 is 0 Å². The minimum absolute atomic E-state index is 0.122. The molecule has 2 aliphatic rings. The maximum atomic E-state index is 14.0. The number of benzene rings is 2. The molecular weight excluding hydrogens is 423 g/mol. The van der Waals surface area contributed by atoms with Crippen LogP contribution in [0.2, 0.25) is 0 Å². The molecule has 0 atom stereocenters. The number of aromatic nitrogens is 3. The number of rotatable bonds is 6. The van der Waals surface area contributed by atoms with Gasteiger partial charge >= 0.3 is 0 Å². The SMILES string of the molecule is N#Cc1c(F)cccc1N1CCN(Cn2nc(C3CC3)n(Cc3ccccc3)c2=S)CC1. The van der Waals surface area contributed by atoms with E-state index in [4.69, 9.17) is 17.3 Å². The number of nitrogens with zero attached hydrogens (tertiary/aromatic N) is 6. The summed E-state index contributed by atoms with van der Waals surface area (Å²) in [7, 11) is 0. The lowest BCUT2D eigenvalue weighted by molar-refractivity contribution is 0.194. The molecule has 6 nitrogen and oxygen atoms in total. The van der Waals surface area contributed by atoms with Crippen molar-refractivity contribution in [1.82, 2.24) is 19.2 Å². The number of piperazine rings is 1. The molecule has 164 valence electrons. The van der Waals surface area contributed by atoms with E-state index in [2.05, 4.69) is 38.6 Å². The number of hydrogen-bond acceptors (Lipinski definition) is 5. The Labute approximate surface area is 192 Å². The van der Waals surface area contributed by atoms with Crippen molar-refractivity contribution >= 4 is 17.9 Å². The average Bonchev–Trinajstić information content (AvgIpc) is 3.62. The van der Waals surface area contributed by atoms with Crippen LogP contribution in [0.1, 0.15) is 35.7 Å². The van der Waals surface area contributed by atoms with Crippen LogP contribution in [0.3, 0.4) is 0 Å². The molecular formula is C24H25FN6S. The Morgan fingerprint density at radius 3 is 2.47 bits per heavy atom. The predicted molar refractivity (Wildman–Crippen MR) is 123 cm³/mol. The molecule has 2 aromatic carbocycles. The molecule has 2 heterocycles. The summed E-state index contributed by atoms with van der Waals surface area (Å²) < 4.78 is 18.9. The van der Waals surface area contributed by atoms with Crippen LogP contribution in [0.5, 0.6) is 0 Å². The third-order valence-corrected chi connectivity index (χ3v) is 6.66. The Morgan fingerprint density at radius 1 is 1.03 bits per heavy atom. The molecule has 1 saturated heterocycles. The van der Waals surface area contributed by atoms with Gasteiger partial charge in [-0.05, 0) is 42.8 Å². The van der Waals surface area contributed by atoms with Crippen LogP contribution in [-0.4, -0.2) is 45.4 Å². The maximum absolute atomic E-state index is 14.0. The molecule has 1 aliphatic carbocycles. The van der Waals surface area contributed by atoms with E-state index in [1.54, 1.807) is 6.07 Å². The van der Waals surface area contributed by atoms with Crippen LogP contribution in [-0.2, 0) is 13.2 Å². The minimum atomic E-state index is -0.463. The normalized spacial score (nSPS) is 16.8. The van der Waals surface area contributed by atoms with Crippen molar-refractivity contribution in [2.24, 2.45) is 0 Å². The Bertz CT molecular complexity index is 1200. The molecule has 32 heavy (non-hydrogen) atoms. The van der Waals surface area contributed by atoms with Crippen LogP contribution in [0.4, 0.5) is 10.1 Å². The lowest BCUT2D eigenvalue weighted by atomic mass is 10.1. The van der Waals surface area contributed by atoms with Crippen LogP contribution in [0, 0.1) is 21.9 Å². The smallest absolute Gasteiger partial charge is 0.199 e. The molecule has 1 saturated carbocycles. The van der Waals surface area contributed by atoms with Gasteiger partial charge in [-0.1, -0.05) is 36.4 Å². The summed E-state index contributed by atoms with van der Waals surface area (Å²) in [5, 5.41) is 14.2. The molecule has 0 radical (unpaired) electrons. The quantitative estimate of drug-likeness (QED) is 0.531. The Balaban J connectivity index is 1.30. The molecule has 0 spiro atoms. The first-order chi connectivity index (χ1) is 15.6. The van der Waals surface area contributed by atoms with Crippen molar-refractivity contribution in [2.45, 2.75) is 32.0 Å². The fourth-order valence-electron chi connectivity index (χ4n) is 4.31. The van der Waals surface area contributed by atoms with Crippen LogP contribution in [0.15, 0.2) is 48.5 Å². The lowest BCUT2D eigenvalue weighted by Crippen LogP contribution is -2.47. The number of nitriles is 1. The number of anilines is 1. The van der Waals surface area contributed by atoms with Gasteiger partial charge in [-0.3, -0.25) is 9.47 Å². The third kappa shape index (κ3) is 4.18. The van der Waals surface area contributed by atoms with Gasteiger partial charge in [0.1, 0.15) is 23.3 Å². The molecule has 0 N–H and O–H groups in total. The van der Waals surface area contributed by atoms with Crippen molar-refractivity contribution < 1.29 is 4.39 Å². The van der Waals surface area contributed by atoms with Gasteiger partial charge < -0.3 is 4.90 Å². The molecule has 0 bridgehead atoms. The van der Waals surface area contributed by atoms with E-state index in [9.17, 15) is 9.65 Å². The highest BCUT2D eigenvalue weighted by molar-refractivity contribution is 7.71. The zero-order chi connectivity index (χ0) is 22.1. The van der Waals surface area contributed by atoms with E-state index in [0.717, 1.165) is 43.3 Å². The second-order valence-corrected chi connectivity index (χ2v) is 8.84. The zero-order valence-electron chi connectivity index (χ0n) is 17.8. The van der Waals surface area contributed by atoms with Crippen LogP contribution < -0.4 is 4.90 Å². The van der Waals surface area contributed by atoms with Crippen molar-refractivity contribution in [3.05, 3.63) is 76.1 Å². The topological polar surface area (TPSA) is 53.0 Å². The van der Waals surface area contributed by atoms with Gasteiger partial charge in [0.2, 0.25) is 0 Å².